The topological polar surface area (TPSA) is 41.6 Å². The summed E-state index contributed by atoms with van der Waals surface area (Å²) in [5.74, 6) is 0.772. The van der Waals surface area contributed by atoms with E-state index in [2.05, 4.69) is 10.2 Å². The quantitative estimate of drug-likeness (QED) is 0.758. The maximum atomic E-state index is 12.1. The number of likely N-dealkylation sites (tertiary alicyclic amines) is 1. The molecular weight excluding hydrogens is 252 g/mol. The van der Waals surface area contributed by atoms with Crippen molar-refractivity contribution in [2.75, 3.05) is 26.2 Å². The second-order valence-electron chi connectivity index (χ2n) is 6.11. The fraction of sp³-hybridized carbons (Fsp3) is 0.938. The maximum absolute atomic E-state index is 12.1. The molecule has 1 aliphatic heterocycles. The summed E-state index contributed by atoms with van der Waals surface area (Å²) in [6.45, 7) is 7.15. The summed E-state index contributed by atoms with van der Waals surface area (Å²) in [5, 5.41) is 3.29. The third-order valence-electron chi connectivity index (χ3n) is 4.80. The van der Waals surface area contributed by atoms with E-state index in [1.165, 1.54) is 38.5 Å². The van der Waals surface area contributed by atoms with Gasteiger partial charge in [0.1, 0.15) is 6.04 Å². The Morgan fingerprint density at radius 3 is 2.75 bits per heavy atom. The Hall–Kier alpha value is -0.610. The molecule has 116 valence electrons. The van der Waals surface area contributed by atoms with Crippen molar-refractivity contribution in [2.24, 2.45) is 5.92 Å². The number of carbonyl (C=O) groups excluding carboxylic acids is 1. The molecule has 4 nitrogen and oxygen atoms in total. The minimum absolute atomic E-state index is 0.0905. The Morgan fingerprint density at radius 1 is 1.25 bits per heavy atom. The largest absolute Gasteiger partial charge is 0.465 e. The standard InChI is InChI=1S/C16H30N2O2/c1-3-17-14(16(19)20-4-2)12-18-11-7-9-13-8-5-6-10-15(13)18/h13-15,17H,3-12H2,1-2H3. The van der Waals surface area contributed by atoms with Gasteiger partial charge >= 0.3 is 5.97 Å². The molecule has 1 saturated carbocycles. The molecule has 0 bridgehead atoms. The lowest BCUT2D eigenvalue weighted by atomic mass is 9.78. The van der Waals surface area contributed by atoms with Crippen molar-refractivity contribution >= 4 is 5.97 Å². The van der Waals surface area contributed by atoms with Crippen molar-refractivity contribution in [2.45, 2.75) is 64.5 Å². The SMILES string of the molecule is CCNC(CN1CCCC2CCCCC21)C(=O)OCC. The van der Waals surface area contributed by atoms with Crippen LogP contribution in [-0.4, -0.2) is 49.2 Å². The van der Waals surface area contributed by atoms with Gasteiger partial charge in [0.25, 0.3) is 0 Å². The van der Waals surface area contributed by atoms with Crippen LogP contribution in [0.2, 0.25) is 0 Å². The third-order valence-corrected chi connectivity index (χ3v) is 4.80. The summed E-state index contributed by atoms with van der Waals surface area (Å²) < 4.78 is 5.21. The number of likely N-dealkylation sites (N-methyl/N-ethyl adjacent to an activating group) is 1. The number of rotatable bonds is 6. The number of hydrogen-bond acceptors (Lipinski definition) is 4. The van der Waals surface area contributed by atoms with Crippen LogP contribution in [0.25, 0.3) is 0 Å². The van der Waals surface area contributed by atoms with Crippen LogP contribution in [-0.2, 0) is 9.53 Å². The van der Waals surface area contributed by atoms with Gasteiger partial charge in [0.2, 0.25) is 0 Å². The zero-order valence-corrected chi connectivity index (χ0v) is 13.1. The van der Waals surface area contributed by atoms with Crippen LogP contribution in [0.4, 0.5) is 0 Å². The van der Waals surface area contributed by atoms with E-state index < -0.39 is 0 Å². The number of nitrogens with zero attached hydrogens (tertiary/aromatic N) is 1. The molecule has 4 heteroatoms. The van der Waals surface area contributed by atoms with E-state index in [4.69, 9.17) is 4.74 Å². The van der Waals surface area contributed by atoms with Gasteiger partial charge in [-0.05, 0) is 51.6 Å². The van der Waals surface area contributed by atoms with E-state index in [1.54, 1.807) is 0 Å². The van der Waals surface area contributed by atoms with E-state index in [9.17, 15) is 4.79 Å². The second-order valence-corrected chi connectivity index (χ2v) is 6.11. The number of carbonyl (C=O) groups is 1. The van der Waals surface area contributed by atoms with E-state index in [1.807, 2.05) is 13.8 Å². The fourth-order valence-corrected chi connectivity index (χ4v) is 3.90. The van der Waals surface area contributed by atoms with E-state index in [-0.39, 0.29) is 12.0 Å². The number of piperidine rings is 1. The molecule has 20 heavy (non-hydrogen) atoms. The van der Waals surface area contributed by atoms with Gasteiger partial charge in [-0.3, -0.25) is 9.69 Å². The predicted octanol–water partition coefficient (Wildman–Crippen LogP) is 2.18. The highest BCUT2D eigenvalue weighted by molar-refractivity contribution is 5.76. The monoisotopic (exact) mass is 282 g/mol. The van der Waals surface area contributed by atoms with Crippen molar-refractivity contribution in [3.8, 4) is 0 Å². The van der Waals surface area contributed by atoms with Crippen LogP contribution in [0, 0.1) is 5.92 Å². The summed E-state index contributed by atoms with van der Waals surface area (Å²) >= 11 is 0. The van der Waals surface area contributed by atoms with Crippen molar-refractivity contribution < 1.29 is 9.53 Å². The first-order chi connectivity index (χ1) is 9.76. The lowest BCUT2D eigenvalue weighted by Crippen LogP contribution is -2.54. The number of esters is 1. The van der Waals surface area contributed by atoms with Gasteiger partial charge < -0.3 is 10.1 Å². The molecule has 3 unspecified atom stereocenters. The van der Waals surface area contributed by atoms with Crippen LogP contribution in [0.1, 0.15) is 52.4 Å². The Kier molecular flexibility index (Phi) is 6.30. The average molecular weight is 282 g/mol. The first kappa shape index (κ1) is 15.8. The molecule has 0 spiro atoms. The summed E-state index contributed by atoms with van der Waals surface area (Å²) in [5.41, 5.74) is 0. The van der Waals surface area contributed by atoms with Crippen LogP contribution < -0.4 is 5.32 Å². The highest BCUT2D eigenvalue weighted by atomic mass is 16.5. The van der Waals surface area contributed by atoms with Crippen molar-refractivity contribution in [3.05, 3.63) is 0 Å². The van der Waals surface area contributed by atoms with Crippen molar-refractivity contribution in [1.29, 1.82) is 0 Å². The van der Waals surface area contributed by atoms with Gasteiger partial charge in [-0.1, -0.05) is 19.8 Å². The molecule has 2 rings (SSSR count). The zero-order chi connectivity index (χ0) is 14.4. The highest BCUT2D eigenvalue weighted by Gasteiger charge is 2.35. The average Bonchev–Trinajstić information content (AvgIpc) is 2.47. The predicted molar refractivity (Wildman–Crippen MR) is 80.7 cm³/mol. The Morgan fingerprint density at radius 2 is 2.00 bits per heavy atom. The molecule has 1 N–H and O–H groups in total. The summed E-state index contributed by atoms with van der Waals surface area (Å²) in [6.07, 6.45) is 8.10. The van der Waals surface area contributed by atoms with Crippen molar-refractivity contribution in [1.82, 2.24) is 10.2 Å². The number of hydrogen-bond donors (Lipinski definition) is 1. The van der Waals surface area contributed by atoms with E-state index in [0.29, 0.717) is 12.6 Å². The molecule has 2 fully saturated rings. The van der Waals surface area contributed by atoms with Gasteiger partial charge in [0, 0.05) is 12.6 Å². The molecule has 0 aromatic heterocycles. The summed E-state index contributed by atoms with van der Waals surface area (Å²) in [6, 6.07) is 0.536. The fourth-order valence-electron chi connectivity index (χ4n) is 3.90. The van der Waals surface area contributed by atoms with Gasteiger partial charge in [0.05, 0.1) is 6.61 Å². The molecule has 2 aliphatic rings. The molecule has 0 aromatic rings. The Balaban J connectivity index is 1.95. The second kappa shape index (κ2) is 7.99. The highest BCUT2D eigenvalue weighted by Crippen LogP contribution is 2.35. The summed E-state index contributed by atoms with van der Waals surface area (Å²) in [4.78, 5) is 14.6. The van der Waals surface area contributed by atoms with Gasteiger partial charge in [-0.25, -0.2) is 0 Å². The molecule has 0 aromatic carbocycles. The van der Waals surface area contributed by atoms with E-state index in [0.717, 1.165) is 25.6 Å². The van der Waals surface area contributed by atoms with Gasteiger partial charge in [0.15, 0.2) is 0 Å². The molecular formula is C16H30N2O2. The van der Waals surface area contributed by atoms with Gasteiger partial charge in [-0.15, -0.1) is 0 Å². The van der Waals surface area contributed by atoms with Crippen LogP contribution in [0.15, 0.2) is 0 Å². The third kappa shape index (κ3) is 3.95. The van der Waals surface area contributed by atoms with Crippen LogP contribution in [0.3, 0.4) is 0 Å². The lowest BCUT2D eigenvalue weighted by molar-refractivity contribution is -0.146. The molecule has 1 saturated heterocycles. The maximum Gasteiger partial charge on any atom is 0.324 e. The van der Waals surface area contributed by atoms with Crippen molar-refractivity contribution in [3.63, 3.8) is 0 Å². The first-order valence-electron chi connectivity index (χ1n) is 8.40. The zero-order valence-electron chi connectivity index (χ0n) is 13.1. The van der Waals surface area contributed by atoms with Crippen LogP contribution in [0.5, 0.6) is 0 Å². The molecule has 1 aliphatic carbocycles. The Bertz CT molecular complexity index is 307. The molecule has 0 radical (unpaired) electrons. The first-order valence-corrected chi connectivity index (χ1v) is 8.40. The lowest BCUT2D eigenvalue weighted by Gasteiger charge is -2.45. The minimum Gasteiger partial charge on any atom is -0.465 e. The molecule has 0 amide bonds. The minimum atomic E-state index is -0.166. The smallest absolute Gasteiger partial charge is 0.324 e. The van der Waals surface area contributed by atoms with E-state index >= 15 is 0 Å². The summed E-state index contributed by atoms with van der Waals surface area (Å²) in [7, 11) is 0. The normalized spacial score (nSPS) is 28.7. The molecule has 1 heterocycles. The Labute approximate surface area is 123 Å². The van der Waals surface area contributed by atoms with Gasteiger partial charge in [-0.2, -0.15) is 0 Å². The number of fused-ring (bicyclic) bond motifs is 1. The molecule has 3 atom stereocenters. The number of ether oxygens (including phenoxy) is 1. The number of nitrogens with one attached hydrogen (secondary N) is 1. The van der Waals surface area contributed by atoms with Crippen LogP contribution >= 0.6 is 0 Å².